The number of halogens is 1. The van der Waals surface area contributed by atoms with Crippen LogP contribution < -0.4 is 5.32 Å². The molecule has 0 amide bonds. The van der Waals surface area contributed by atoms with Crippen molar-refractivity contribution < 1.29 is 0 Å². The van der Waals surface area contributed by atoms with E-state index in [9.17, 15) is 0 Å². The first-order valence-electron chi connectivity index (χ1n) is 6.10. The second-order valence-corrected chi connectivity index (χ2v) is 7.25. The fourth-order valence-corrected chi connectivity index (χ4v) is 3.10. The van der Waals surface area contributed by atoms with E-state index >= 15 is 0 Å². The predicted octanol–water partition coefficient (Wildman–Crippen LogP) is 3.34. The lowest BCUT2D eigenvalue weighted by atomic mass is 10.2. The molecule has 3 nitrogen and oxygen atoms in total. The molecule has 0 atom stereocenters. The second kappa shape index (κ2) is 6.68. The third-order valence-corrected chi connectivity index (χ3v) is 4.12. The highest BCUT2D eigenvalue weighted by Crippen LogP contribution is 2.17. The van der Waals surface area contributed by atoms with E-state index < -0.39 is 0 Å². The van der Waals surface area contributed by atoms with E-state index in [1.165, 1.54) is 13.3 Å². The SMILES string of the molecule is CC(C)CNCc1ccc(Cn2cc(I)cn2)s1. The van der Waals surface area contributed by atoms with E-state index in [1.807, 2.05) is 22.2 Å². The molecule has 0 unspecified atom stereocenters. The molecule has 0 fully saturated rings. The van der Waals surface area contributed by atoms with Crippen LogP contribution in [0.15, 0.2) is 24.5 Å². The van der Waals surface area contributed by atoms with Crippen molar-refractivity contribution in [3.05, 3.63) is 37.9 Å². The van der Waals surface area contributed by atoms with Crippen LogP contribution >= 0.6 is 33.9 Å². The van der Waals surface area contributed by atoms with Gasteiger partial charge in [0.1, 0.15) is 0 Å². The molecule has 98 valence electrons. The van der Waals surface area contributed by atoms with Crippen LogP contribution in [0.3, 0.4) is 0 Å². The molecule has 0 saturated carbocycles. The van der Waals surface area contributed by atoms with Gasteiger partial charge in [-0.1, -0.05) is 13.8 Å². The maximum absolute atomic E-state index is 4.31. The Hall–Kier alpha value is -0.400. The highest BCUT2D eigenvalue weighted by Gasteiger charge is 2.02. The fourth-order valence-electron chi connectivity index (χ4n) is 1.67. The van der Waals surface area contributed by atoms with Gasteiger partial charge in [0.2, 0.25) is 0 Å². The zero-order valence-electron chi connectivity index (χ0n) is 10.7. The summed E-state index contributed by atoms with van der Waals surface area (Å²) in [6.45, 7) is 7.38. The maximum Gasteiger partial charge on any atom is 0.0752 e. The summed E-state index contributed by atoms with van der Waals surface area (Å²) in [7, 11) is 0. The summed E-state index contributed by atoms with van der Waals surface area (Å²) in [5, 5.41) is 7.78. The predicted molar refractivity (Wildman–Crippen MR) is 84.9 cm³/mol. The van der Waals surface area contributed by atoms with Crippen LogP contribution in [0.2, 0.25) is 0 Å². The summed E-state index contributed by atoms with van der Waals surface area (Å²) in [6, 6.07) is 4.41. The van der Waals surface area contributed by atoms with Crippen molar-refractivity contribution in [3.63, 3.8) is 0 Å². The Morgan fingerprint density at radius 3 is 2.83 bits per heavy atom. The minimum Gasteiger partial charge on any atom is -0.312 e. The summed E-state index contributed by atoms with van der Waals surface area (Å²) < 4.78 is 3.17. The van der Waals surface area contributed by atoms with Gasteiger partial charge in [0.25, 0.3) is 0 Å². The molecule has 2 heterocycles. The minimum absolute atomic E-state index is 0.704. The summed E-state index contributed by atoms with van der Waals surface area (Å²) in [5.74, 6) is 0.704. The van der Waals surface area contributed by atoms with Crippen molar-refractivity contribution in [2.75, 3.05) is 6.54 Å². The van der Waals surface area contributed by atoms with Gasteiger partial charge in [0, 0.05) is 22.5 Å². The fraction of sp³-hybridized carbons (Fsp3) is 0.462. The van der Waals surface area contributed by atoms with Gasteiger partial charge in [-0.15, -0.1) is 11.3 Å². The molecule has 5 heteroatoms. The lowest BCUT2D eigenvalue weighted by molar-refractivity contribution is 0.555. The van der Waals surface area contributed by atoms with Gasteiger partial charge in [-0.3, -0.25) is 4.68 Å². The van der Waals surface area contributed by atoms with Gasteiger partial charge >= 0.3 is 0 Å². The number of thiophene rings is 1. The number of rotatable bonds is 6. The first-order valence-corrected chi connectivity index (χ1v) is 7.99. The van der Waals surface area contributed by atoms with Crippen LogP contribution in [0.5, 0.6) is 0 Å². The van der Waals surface area contributed by atoms with Gasteiger partial charge in [-0.05, 0) is 47.2 Å². The zero-order valence-corrected chi connectivity index (χ0v) is 13.7. The van der Waals surface area contributed by atoms with Crippen LogP contribution in [0.1, 0.15) is 23.6 Å². The Kier molecular flexibility index (Phi) is 5.20. The van der Waals surface area contributed by atoms with Crippen molar-refractivity contribution in [1.29, 1.82) is 0 Å². The van der Waals surface area contributed by atoms with Crippen LogP contribution in [-0.4, -0.2) is 16.3 Å². The lowest BCUT2D eigenvalue weighted by Crippen LogP contribution is -2.18. The number of aromatic nitrogens is 2. The van der Waals surface area contributed by atoms with Crippen LogP contribution in [0, 0.1) is 9.49 Å². The molecule has 0 spiro atoms. The Balaban J connectivity index is 1.86. The van der Waals surface area contributed by atoms with Crippen molar-refractivity contribution in [1.82, 2.24) is 15.1 Å². The van der Waals surface area contributed by atoms with E-state index in [0.717, 1.165) is 19.6 Å². The summed E-state index contributed by atoms with van der Waals surface area (Å²) in [4.78, 5) is 2.75. The van der Waals surface area contributed by atoms with Crippen LogP contribution in [0.25, 0.3) is 0 Å². The van der Waals surface area contributed by atoms with E-state index in [4.69, 9.17) is 0 Å². The van der Waals surface area contributed by atoms with E-state index in [-0.39, 0.29) is 0 Å². The third kappa shape index (κ3) is 4.37. The molecular weight excluding hydrogens is 357 g/mol. The van der Waals surface area contributed by atoms with E-state index in [2.05, 4.69) is 65.2 Å². The lowest BCUT2D eigenvalue weighted by Gasteiger charge is -2.05. The molecule has 2 aromatic rings. The number of nitrogens with zero attached hydrogens (tertiary/aromatic N) is 2. The topological polar surface area (TPSA) is 29.9 Å². The zero-order chi connectivity index (χ0) is 13.0. The highest BCUT2D eigenvalue weighted by atomic mass is 127. The molecule has 0 radical (unpaired) electrons. The molecular formula is C13H18IN3S. The van der Waals surface area contributed by atoms with Gasteiger partial charge in [-0.2, -0.15) is 5.10 Å². The number of nitrogens with one attached hydrogen (secondary N) is 1. The largest absolute Gasteiger partial charge is 0.312 e. The third-order valence-electron chi connectivity index (χ3n) is 2.49. The smallest absolute Gasteiger partial charge is 0.0752 e. The molecule has 0 aliphatic carbocycles. The summed E-state index contributed by atoms with van der Waals surface area (Å²) in [6.07, 6.45) is 3.95. The monoisotopic (exact) mass is 375 g/mol. The standard InChI is InChI=1S/C13H18IN3S/c1-10(2)5-15-7-12-3-4-13(18-12)9-17-8-11(14)6-16-17/h3-4,6,8,10,15H,5,7,9H2,1-2H3. The Morgan fingerprint density at radius 1 is 1.39 bits per heavy atom. The molecule has 0 aliphatic heterocycles. The van der Waals surface area contributed by atoms with E-state index in [1.54, 1.807) is 0 Å². The summed E-state index contributed by atoms with van der Waals surface area (Å²) >= 11 is 4.15. The van der Waals surface area contributed by atoms with Gasteiger partial charge in [-0.25, -0.2) is 0 Å². The first kappa shape index (κ1) is 14.0. The van der Waals surface area contributed by atoms with Crippen molar-refractivity contribution >= 4 is 33.9 Å². The molecule has 2 rings (SSSR count). The molecule has 0 bridgehead atoms. The quantitative estimate of drug-likeness (QED) is 0.785. The highest BCUT2D eigenvalue weighted by molar-refractivity contribution is 14.1. The molecule has 0 aliphatic rings. The van der Waals surface area contributed by atoms with Crippen molar-refractivity contribution in [3.8, 4) is 0 Å². The van der Waals surface area contributed by atoms with Crippen LogP contribution in [-0.2, 0) is 13.1 Å². The van der Waals surface area contributed by atoms with E-state index in [0.29, 0.717) is 5.92 Å². The Morgan fingerprint density at radius 2 is 2.17 bits per heavy atom. The molecule has 1 N–H and O–H groups in total. The number of hydrogen-bond donors (Lipinski definition) is 1. The molecule has 0 saturated heterocycles. The minimum atomic E-state index is 0.704. The molecule has 18 heavy (non-hydrogen) atoms. The van der Waals surface area contributed by atoms with Crippen molar-refractivity contribution in [2.45, 2.75) is 26.9 Å². The normalized spacial score (nSPS) is 11.3. The van der Waals surface area contributed by atoms with Gasteiger partial charge in [0.15, 0.2) is 0 Å². The van der Waals surface area contributed by atoms with Gasteiger partial charge in [0.05, 0.1) is 16.3 Å². The molecule has 2 aromatic heterocycles. The Labute approximate surface area is 126 Å². The second-order valence-electron chi connectivity index (χ2n) is 4.75. The average Bonchev–Trinajstić information content (AvgIpc) is 2.89. The Bertz CT molecular complexity index is 490. The molecule has 0 aromatic carbocycles. The van der Waals surface area contributed by atoms with Crippen molar-refractivity contribution in [2.24, 2.45) is 5.92 Å². The number of hydrogen-bond acceptors (Lipinski definition) is 3. The first-order chi connectivity index (χ1) is 8.63. The summed E-state index contributed by atoms with van der Waals surface area (Å²) in [5.41, 5.74) is 0. The maximum atomic E-state index is 4.31. The van der Waals surface area contributed by atoms with Crippen LogP contribution in [0.4, 0.5) is 0 Å². The average molecular weight is 375 g/mol. The van der Waals surface area contributed by atoms with Gasteiger partial charge < -0.3 is 5.32 Å².